The first-order chi connectivity index (χ1) is 9.90. The molecular weight excluding hydrogens is 313 g/mol. The number of likely N-dealkylation sites (tertiary alicyclic amines) is 1. The zero-order chi connectivity index (χ0) is 15.3. The maximum atomic E-state index is 12.3. The Labute approximate surface area is 131 Å². The first-order valence-electron chi connectivity index (χ1n) is 6.52. The maximum Gasteiger partial charge on any atom is 0.252 e. The van der Waals surface area contributed by atoms with Crippen molar-refractivity contribution >= 4 is 46.0 Å². The fraction of sp³-hybridized carbons (Fsp3) is 0.357. The summed E-state index contributed by atoms with van der Waals surface area (Å²) in [4.78, 5) is 29.7. The van der Waals surface area contributed by atoms with Crippen LogP contribution < -0.4 is 0 Å². The van der Waals surface area contributed by atoms with Gasteiger partial charge in [0, 0.05) is 12.1 Å². The van der Waals surface area contributed by atoms with Gasteiger partial charge < -0.3 is 4.57 Å². The Balaban J connectivity index is 2.25. The van der Waals surface area contributed by atoms with Crippen LogP contribution in [0.1, 0.15) is 30.6 Å². The van der Waals surface area contributed by atoms with Crippen LogP contribution in [-0.2, 0) is 9.59 Å². The summed E-state index contributed by atoms with van der Waals surface area (Å²) >= 11 is 12.2. The molecule has 0 radical (unpaired) electrons. The van der Waals surface area contributed by atoms with E-state index in [0.717, 1.165) is 4.90 Å². The number of carbonyl (C=O) groups is 2. The van der Waals surface area contributed by atoms with E-state index in [1.807, 2.05) is 0 Å². The van der Waals surface area contributed by atoms with Crippen LogP contribution in [0.25, 0.3) is 11.0 Å². The largest absolute Gasteiger partial charge is 0.313 e. The second kappa shape index (κ2) is 5.00. The number of nitrogens with zero attached hydrogens (tertiary/aromatic N) is 3. The van der Waals surface area contributed by atoms with Gasteiger partial charge in [-0.1, -0.05) is 11.6 Å². The average molecular weight is 326 g/mol. The lowest BCUT2D eigenvalue weighted by molar-refractivity contribution is -0.137. The summed E-state index contributed by atoms with van der Waals surface area (Å²) in [6.07, 6.45) is 0.115. The normalized spacial score (nSPS) is 20.6. The molecule has 21 heavy (non-hydrogen) atoms. The number of amides is 2. The van der Waals surface area contributed by atoms with Gasteiger partial charge >= 0.3 is 0 Å². The van der Waals surface area contributed by atoms with Gasteiger partial charge in [0.2, 0.25) is 5.91 Å². The summed E-state index contributed by atoms with van der Waals surface area (Å²) in [5.41, 5.74) is 1.42. The van der Waals surface area contributed by atoms with Gasteiger partial charge in [-0.15, -0.1) is 11.6 Å². The second-order valence-corrected chi connectivity index (χ2v) is 6.19. The third-order valence-corrected chi connectivity index (χ3v) is 4.13. The Kier molecular flexibility index (Phi) is 3.42. The van der Waals surface area contributed by atoms with Crippen LogP contribution in [-0.4, -0.2) is 33.3 Å². The van der Waals surface area contributed by atoms with Crippen LogP contribution in [0.5, 0.6) is 0 Å². The molecule has 1 aliphatic heterocycles. The van der Waals surface area contributed by atoms with E-state index in [4.69, 9.17) is 23.2 Å². The Hall–Kier alpha value is -1.59. The van der Waals surface area contributed by atoms with E-state index in [9.17, 15) is 9.59 Å². The van der Waals surface area contributed by atoms with Crippen molar-refractivity contribution in [3.8, 4) is 0 Å². The summed E-state index contributed by atoms with van der Waals surface area (Å²) in [5, 5.41) is 0.160. The van der Waals surface area contributed by atoms with Gasteiger partial charge in [0.15, 0.2) is 0 Å². The lowest BCUT2D eigenvalue weighted by Gasteiger charge is -2.16. The summed E-state index contributed by atoms with van der Waals surface area (Å²) < 4.78 is 1.74. The monoisotopic (exact) mass is 325 g/mol. The number of imidazole rings is 1. The third kappa shape index (κ3) is 2.21. The van der Waals surface area contributed by atoms with Gasteiger partial charge in [0.1, 0.15) is 11.9 Å². The molecule has 2 heterocycles. The van der Waals surface area contributed by atoms with Gasteiger partial charge in [0.05, 0.1) is 22.8 Å². The molecular formula is C14H13Cl2N3O2. The Morgan fingerprint density at radius 1 is 1.38 bits per heavy atom. The van der Waals surface area contributed by atoms with Crippen molar-refractivity contribution in [3.05, 3.63) is 29.0 Å². The van der Waals surface area contributed by atoms with E-state index in [1.165, 1.54) is 7.05 Å². The molecule has 2 amide bonds. The molecule has 0 bridgehead atoms. The number of likely N-dealkylation sites (N-methyl/N-ethyl adjacent to an activating group) is 1. The molecule has 110 valence electrons. The van der Waals surface area contributed by atoms with Crippen LogP contribution in [0.15, 0.2) is 18.2 Å². The number of rotatable bonds is 2. The zero-order valence-electron chi connectivity index (χ0n) is 11.5. The molecule has 1 fully saturated rings. The molecule has 5 nitrogen and oxygen atoms in total. The first kappa shape index (κ1) is 14.4. The molecule has 2 unspecified atom stereocenters. The predicted octanol–water partition coefficient (Wildman–Crippen LogP) is 2.92. The minimum Gasteiger partial charge on any atom is -0.313 e. The van der Waals surface area contributed by atoms with Crippen molar-refractivity contribution in [1.29, 1.82) is 0 Å². The van der Waals surface area contributed by atoms with Crippen LogP contribution >= 0.6 is 23.2 Å². The predicted molar refractivity (Wildman–Crippen MR) is 80.4 cm³/mol. The number of carbonyl (C=O) groups excluding carboxylic acids is 2. The summed E-state index contributed by atoms with van der Waals surface area (Å²) in [6, 6.07) is 4.64. The fourth-order valence-electron chi connectivity index (χ4n) is 2.63. The highest BCUT2D eigenvalue weighted by Crippen LogP contribution is 2.34. The Bertz CT molecular complexity index is 754. The van der Waals surface area contributed by atoms with Crippen molar-refractivity contribution in [3.63, 3.8) is 0 Å². The van der Waals surface area contributed by atoms with E-state index in [1.54, 1.807) is 29.7 Å². The highest BCUT2D eigenvalue weighted by molar-refractivity contribution is 6.31. The van der Waals surface area contributed by atoms with E-state index in [2.05, 4.69) is 4.98 Å². The molecule has 0 N–H and O–H groups in total. The molecule has 2 atom stereocenters. The van der Waals surface area contributed by atoms with Gasteiger partial charge in [-0.3, -0.25) is 14.5 Å². The topological polar surface area (TPSA) is 55.2 Å². The molecule has 1 saturated heterocycles. The second-order valence-electron chi connectivity index (χ2n) is 5.10. The molecule has 0 spiro atoms. The molecule has 3 rings (SSSR count). The summed E-state index contributed by atoms with van der Waals surface area (Å²) in [7, 11) is 1.49. The number of halogens is 2. The quantitative estimate of drug-likeness (QED) is 0.630. The van der Waals surface area contributed by atoms with E-state index in [-0.39, 0.29) is 23.6 Å². The number of fused-ring (bicyclic) bond motifs is 1. The van der Waals surface area contributed by atoms with Crippen molar-refractivity contribution in [1.82, 2.24) is 14.5 Å². The maximum absolute atomic E-state index is 12.3. The van der Waals surface area contributed by atoms with Crippen molar-refractivity contribution in [2.24, 2.45) is 0 Å². The molecule has 1 aromatic carbocycles. The zero-order valence-corrected chi connectivity index (χ0v) is 13.0. The molecule has 1 aliphatic rings. The van der Waals surface area contributed by atoms with Crippen LogP contribution in [0, 0.1) is 0 Å². The highest BCUT2D eigenvalue weighted by Gasteiger charge is 2.39. The number of benzene rings is 1. The minimum absolute atomic E-state index is 0.115. The van der Waals surface area contributed by atoms with Crippen LogP contribution in [0.4, 0.5) is 0 Å². The van der Waals surface area contributed by atoms with Gasteiger partial charge in [-0.05, 0) is 25.1 Å². The Morgan fingerprint density at radius 3 is 2.67 bits per heavy atom. The van der Waals surface area contributed by atoms with Crippen LogP contribution in [0.2, 0.25) is 5.02 Å². The third-order valence-electron chi connectivity index (χ3n) is 3.70. The fourth-order valence-corrected chi connectivity index (χ4v) is 2.95. The summed E-state index contributed by atoms with van der Waals surface area (Å²) in [5.74, 6) is 0.107. The lowest BCUT2D eigenvalue weighted by atomic mass is 10.2. The van der Waals surface area contributed by atoms with E-state index >= 15 is 0 Å². The van der Waals surface area contributed by atoms with Crippen molar-refractivity contribution in [2.45, 2.75) is 24.8 Å². The summed E-state index contributed by atoms with van der Waals surface area (Å²) in [6.45, 7) is 1.78. The van der Waals surface area contributed by atoms with Crippen molar-refractivity contribution < 1.29 is 9.59 Å². The smallest absolute Gasteiger partial charge is 0.252 e. The first-order valence-corrected chi connectivity index (χ1v) is 7.33. The number of alkyl halides is 1. The lowest BCUT2D eigenvalue weighted by Crippen LogP contribution is -2.27. The Morgan fingerprint density at radius 2 is 2.10 bits per heavy atom. The molecule has 2 aromatic rings. The van der Waals surface area contributed by atoms with Gasteiger partial charge in [0.25, 0.3) is 5.91 Å². The number of imide groups is 1. The minimum atomic E-state index is -0.609. The number of hydrogen-bond donors (Lipinski definition) is 0. The molecule has 0 saturated carbocycles. The molecule has 1 aromatic heterocycles. The van der Waals surface area contributed by atoms with Gasteiger partial charge in [-0.25, -0.2) is 4.98 Å². The van der Waals surface area contributed by atoms with Crippen molar-refractivity contribution in [2.75, 3.05) is 7.05 Å². The SMILES string of the molecule is CC(Cl)c1nc2ccc(Cl)cc2n1C1CC(=O)N(C)C1=O. The van der Waals surface area contributed by atoms with E-state index in [0.29, 0.717) is 21.9 Å². The average Bonchev–Trinajstić information content (AvgIpc) is 2.91. The number of hydrogen-bond acceptors (Lipinski definition) is 3. The highest BCUT2D eigenvalue weighted by atomic mass is 35.5. The standard InChI is InChI=1S/C14H13Cl2N3O2/c1-7(15)13-17-9-4-3-8(16)5-10(9)19(13)11-6-12(20)18(2)14(11)21/h3-5,7,11H,6H2,1-2H3. The van der Waals surface area contributed by atoms with Crippen LogP contribution in [0.3, 0.4) is 0 Å². The van der Waals surface area contributed by atoms with Gasteiger partial charge in [-0.2, -0.15) is 0 Å². The van der Waals surface area contributed by atoms with E-state index < -0.39 is 6.04 Å². The number of aromatic nitrogens is 2. The molecule has 0 aliphatic carbocycles. The molecule has 7 heteroatoms.